The number of rotatable bonds is 2. The van der Waals surface area contributed by atoms with Crippen LogP contribution in [0.4, 0.5) is 0 Å². The quantitative estimate of drug-likeness (QED) is 0.706. The van der Waals surface area contributed by atoms with Gasteiger partial charge >= 0.3 is 0 Å². The summed E-state index contributed by atoms with van der Waals surface area (Å²) in [7, 11) is 1.72. The molecule has 1 heterocycles. The van der Waals surface area contributed by atoms with Gasteiger partial charge in [0.15, 0.2) is 0 Å². The Morgan fingerprint density at radius 1 is 1.46 bits per heavy atom. The van der Waals surface area contributed by atoms with E-state index in [1.807, 2.05) is 0 Å². The zero-order valence-corrected chi connectivity index (χ0v) is 9.17. The number of piperidine rings is 1. The van der Waals surface area contributed by atoms with E-state index in [0.29, 0.717) is 0 Å². The molecule has 1 amide bonds. The second-order valence-electron chi connectivity index (χ2n) is 3.46. The Morgan fingerprint density at radius 2 is 2.00 bits per heavy atom. The summed E-state index contributed by atoms with van der Waals surface area (Å²) in [5, 5.41) is 6.03. The zero-order valence-electron chi connectivity index (χ0n) is 8.35. The molecular formula is C9H19ClN2O. The molecule has 0 aromatic heterocycles. The highest BCUT2D eigenvalue weighted by molar-refractivity contribution is 5.85. The summed E-state index contributed by atoms with van der Waals surface area (Å²) < 4.78 is 0. The van der Waals surface area contributed by atoms with Crippen LogP contribution in [0.5, 0.6) is 0 Å². The second kappa shape index (κ2) is 5.45. The van der Waals surface area contributed by atoms with E-state index in [0.717, 1.165) is 32.4 Å². The summed E-state index contributed by atoms with van der Waals surface area (Å²) in [6, 6.07) is 0. The number of carbonyl (C=O) groups excluding carboxylic acids is 1. The van der Waals surface area contributed by atoms with Crippen LogP contribution in [-0.2, 0) is 4.79 Å². The largest absolute Gasteiger partial charge is 0.359 e. The fourth-order valence-corrected chi connectivity index (χ4v) is 1.91. The average molecular weight is 207 g/mol. The molecule has 2 N–H and O–H groups in total. The van der Waals surface area contributed by atoms with E-state index in [2.05, 4.69) is 17.6 Å². The van der Waals surface area contributed by atoms with Gasteiger partial charge in [-0.3, -0.25) is 4.79 Å². The Bertz CT molecular complexity index is 167. The highest BCUT2D eigenvalue weighted by Crippen LogP contribution is 2.32. The van der Waals surface area contributed by atoms with Gasteiger partial charge in [0.05, 0.1) is 5.41 Å². The Labute approximate surface area is 86.1 Å². The third-order valence-electron chi connectivity index (χ3n) is 2.95. The Kier molecular flexibility index (Phi) is 5.33. The van der Waals surface area contributed by atoms with Crippen LogP contribution in [0.15, 0.2) is 0 Å². The molecule has 0 aliphatic carbocycles. The summed E-state index contributed by atoms with van der Waals surface area (Å²) in [6.45, 7) is 4.04. The van der Waals surface area contributed by atoms with Crippen LogP contribution >= 0.6 is 12.4 Å². The molecular weight excluding hydrogens is 188 g/mol. The average Bonchev–Trinajstić information content (AvgIpc) is 2.17. The molecule has 0 radical (unpaired) electrons. The lowest BCUT2D eigenvalue weighted by molar-refractivity contribution is -0.132. The molecule has 78 valence electrons. The van der Waals surface area contributed by atoms with E-state index in [-0.39, 0.29) is 23.7 Å². The van der Waals surface area contributed by atoms with Crippen LogP contribution < -0.4 is 10.6 Å². The summed E-state index contributed by atoms with van der Waals surface area (Å²) in [4.78, 5) is 11.6. The first kappa shape index (κ1) is 12.7. The van der Waals surface area contributed by atoms with Gasteiger partial charge in [0.1, 0.15) is 0 Å². The third-order valence-corrected chi connectivity index (χ3v) is 2.95. The molecule has 0 unspecified atom stereocenters. The minimum absolute atomic E-state index is 0. The lowest BCUT2D eigenvalue weighted by atomic mass is 9.76. The molecule has 1 aliphatic heterocycles. The Morgan fingerprint density at radius 3 is 2.38 bits per heavy atom. The van der Waals surface area contributed by atoms with E-state index < -0.39 is 0 Å². The molecule has 1 rings (SSSR count). The van der Waals surface area contributed by atoms with Gasteiger partial charge in [-0.05, 0) is 32.4 Å². The molecule has 0 spiro atoms. The lowest BCUT2D eigenvalue weighted by Gasteiger charge is -2.34. The van der Waals surface area contributed by atoms with Gasteiger partial charge in [0.2, 0.25) is 5.91 Å². The fraction of sp³-hybridized carbons (Fsp3) is 0.889. The molecule has 0 aromatic carbocycles. The van der Waals surface area contributed by atoms with Crippen molar-refractivity contribution in [3.05, 3.63) is 0 Å². The van der Waals surface area contributed by atoms with Gasteiger partial charge in [-0.25, -0.2) is 0 Å². The molecule has 3 nitrogen and oxygen atoms in total. The first-order chi connectivity index (χ1) is 5.75. The fourth-order valence-electron chi connectivity index (χ4n) is 1.91. The minimum Gasteiger partial charge on any atom is -0.359 e. The normalized spacial score (nSPS) is 20.2. The standard InChI is InChI=1S/C9H18N2O.ClH/c1-3-9(8(12)10-2)4-6-11-7-5-9;/h11H,3-7H2,1-2H3,(H,10,12);1H. The van der Waals surface area contributed by atoms with Crippen molar-refractivity contribution in [1.82, 2.24) is 10.6 Å². The first-order valence-electron chi connectivity index (χ1n) is 4.68. The smallest absolute Gasteiger partial charge is 0.226 e. The van der Waals surface area contributed by atoms with E-state index in [1.54, 1.807) is 7.05 Å². The van der Waals surface area contributed by atoms with Gasteiger partial charge in [-0.2, -0.15) is 0 Å². The van der Waals surface area contributed by atoms with E-state index >= 15 is 0 Å². The van der Waals surface area contributed by atoms with Gasteiger partial charge in [-0.15, -0.1) is 12.4 Å². The number of halogens is 1. The van der Waals surface area contributed by atoms with E-state index in [9.17, 15) is 4.79 Å². The molecule has 0 bridgehead atoms. The summed E-state index contributed by atoms with van der Waals surface area (Å²) in [5.74, 6) is 0.214. The van der Waals surface area contributed by atoms with Crippen molar-refractivity contribution in [3.8, 4) is 0 Å². The molecule has 0 saturated carbocycles. The maximum Gasteiger partial charge on any atom is 0.226 e. The molecule has 1 aliphatic rings. The van der Waals surface area contributed by atoms with Gasteiger partial charge in [0.25, 0.3) is 0 Å². The van der Waals surface area contributed by atoms with Crippen LogP contribution in [0.3, 0.4) is 0 Å². The molecule has 0 aromatic rings. The van der Waals surface area contributed by atoms with E-state index in [1.165, 1.54) is 0 Å². The van der Waals surface area contributed by atoms with Gasteiger partial charge in [-0.1, -0.05) is 6.92 Å². The maximum atomic E-state index is 11.6. The SMILES string of the molecule is CCC1(C(=O)NC)CCNCC1.Cl. The number of hydrogen-bond donors (Lipinski definition) is 2. The predicted molar refractivity (Wildman–Crippen MR) is 56.1 cm³/mol. The van der Waals surface area contributed by atoms with Crippen LogP contribution in [0, 0.1) is 5.41 Å². The monoisotopic (exact) mass is 206 g/mol. The third kappa shape index (κ3) is 2.58. The van der Waals surface area contributed by atoms with Crippen LogP contribution in [0.2, 0.25) is 0 Å². The number of nitrogens with one attached hydrogen (secondary N) is 2. The van der Waals surface area contributed by atoms with Gasteiger partial charge in [0, 0.05) is 7.05 Å². The van der Waals surface area contributed by atoms with Crippen LogP contribution in [-0.4, -0.2) is 26.0 Å². The second-order valence-corrected chi connectivity index (χ2v) is 3.46. The lowest BCUT2D eigenvalue weighted by Crippen LogP contribution is -2.46. The minimum atomic E-state index is -0.0833. The van der Waals surface area contributed by atoms with Crippen molar-refractivity contribution in [3.63, 3.8) is 0 Å². The van der Waals surface area contributed by atoms with Crippen molar-refractivity contribution in [2.45, 2.75) is 26.2 Å². The molecule has 0 atom stereocenters. The topological polar surface area (TPSA) is 41.1 Å². The van der Waals surface area contributed by atoms with Crippen LogP contribution in [0.25, 0.3) is 0 Å². The molecule has 1 saturated heterocycles. The predicted octanol–water partition coefficient (Wildman–Crippen LogP) is 0.934. The summed E-state index contributed by atoms with van der Waals surface area (Å²) in [5.41, 5.74) is -0.0833. The van der Waals surface area contributed by atoms with Gasteiger partial charge < -0.3 is 10.6 Å². The molecule has 4 heteroatoms. The molecule has 1 fully saturated rings. The number of amides is 1. The van der Waals surface area contributed by atoms with Crippen molar-refractivity contribution < 1.29 is 4.79 Å². The van der Waals surface area contributed by atoms with E-state index in [4.69, 9.17) is 0 Å². The first-order valence-corrected chi connectivity index (χ1v) is 4.68. The van der Waals surface area contributed by atoms with Crippen molar-refractivity contribution in [1.29, 1.82) is 0 Å². The van der Waals surface area contributed by atoms with Crippen molar-refractivity contribution in [2.24, 2.45) is 5.41 Å². The molecule has 13 heavy (non-hydrogen) atoms. The van der Waals surface area contributed by atoms with Crippen molar-refractivity contribution in [2.75, 3.05) is 20.1 Å². The Hall–Kier alpha value is -0.280. The zero-order chi connectivity index (χ0) is 9.03. The summed E-state index contributed by atoms with van der Waals surface area (Å²) >= 11 is 0. The Balaban J connectivity index is 0.00000144. The van der Waals surface area contributed by atoms with Crippen LogP contribution in [0.1, 0.15) is 26.2 Å². The maximum absolute atomic E-state index is 11.6. The van der Waals surface area contributed by atoms with Crippen molar-refractivity contribution >= 4 is 18.3 Å². The number of carbonyl (C=O) groups is 1. The number of hydrogen-bond acceptors (Lipinski definition) is 2. The summed E-state index contributed by atoms with van der Waals surface area (Å²) in [6.07, 6.45) is 2.90. The highest BCUT2D eigenvalue weighted by atomic mass is 35.5. The highest BCUT2D eigenvalue weighted by Gasteiger charge is 2.36.